The topological polar surface area (TPSA) is 64.8 Å². The van der Waals surface area contributed by atoms with E-state index in [9.17, 15) is 9.18 Å². The molecule has 134 valence electrons. The summed E-state index contributed by atoms with van der Waals surface area (Å²) in [6.07, 6.45) is -0.519. The molecule has 1 amide bonds. The second kappa shape index (κ2) is 7.01. The summed E-state index contributed by atoms with van der Waals surface area (Å²) in [6.45, 7) is 7.03. The lowest BCUT2D eigenvalue weighted by molar-refractivity contribution is 0.0589. The first kappa shape index (κ1) is 18.6. The summed E-state index contributed by atoms with van der Waals surface area (Å²) >= 11 is 0. The van der Waals surface area contributed by atoms with Crippen molar-refractivity contribution < 1.29 is 18.7 Å². The van der Waals surface area contributed by atoms with Gasteiger partial charge in [0, 0.05) is 13.1 Å². The van der Waals surface area contributed by atoms with Gasteiger partial charge in [-0.25, -0.2) is 9.18 Å². The maximum atomic E-state index is 13.4. The van der Waals surface area contributed by atoms with Crippen LogP contribution in [0.5, 0.6) is 11.5 Å². The summed E-state index contributed by atoms with van der Waals surface area (Å²) in [5, 5.41) is 0. The molecule has 0 aliphatic heterocycles. The molecule has 0 bridgehead atoms. The molecule has 0 spiro atoms. The van der Waals surface area contributed by atoms with Crippen LogP contribution in [0, 0.1) is 12.7 Å². The van der Waals surface area contributed by atoms with Gasteiger partial charge in [0.05, 0.1) is 11.4 Å². The number of rotatable bonds is 3. The SMILES string of the molecule is Cc1cc(Oc2ccc(N)c(N(C)C(=O)OC(C)(C)C)c2)ccc1F. The number of nitrogens with two attached hydrogens (primary N) is 1. The molecule has 0 heterocycles. The molecular weight excluding hydrogens is 323 g/mol. The second-order valence-corrected chi connectivity index (χ2v) is 6.77. The summed E-state index contributed by atoms with van der Waals surface area (Å²) in [7, 11) is 1.57. The van der Waals surface area contributed by atoms with E-state index in [-0.39, 0.29) is 5.82 Å². The van der Waals surface area contributed by atoms with Gasteiger partial charge in [0.25, 0.3) is 0 Å². The van der Waals surface area contributed by atoms with Gasteiger partial charge < -0.3 is 15.2 Å². The van der Waals surface area contributed by atoms with Gasteiger partial charge in [-0.3, -0.25) is 4.90 Å². The number of nitrogen functional groups attached to an aromatic ring is 1. The molecule has 0 fully saturated rings. The van der Waals surface area contributed by atoms with Crippen molar-refractivity contribution in [3.63, 3.8) is 0 Å². The molecule has 0 unspecified atom stereocenters. The molecule has 5 nitrogen and oxygen atoms in total. The molecule has 0 saturated carbocycles. The van der Waals surface area contributed by atoms with Crippen LogP contribution in [0.4, 0.5) is 20.6 Å². The Morgan fingerprint density at radius 1 is 1.12 bits per heavy atom. The van der Waals surface area contributed by atoms with Gasteiger partial charge in [-0.2, -0.15) is 0 Å². The van der Waals surface area contributed by atoms with Crippen LogP contribution in [0.15, 0.2) is 36.4 Å². The summed E-state index contributed by atoms with van der Waals surface area (Å²) in [5.74, 6) is 0.676. The first-order valence-corrected chi connectivity index (χ1v) is 7.87. The number of amides is 1. The molecule has 0 radical (unpaired) electrons. The Morgan fingerprint density at radius 2 is 1.72 bits per heavy atom. The van der Waals surface area contributed by atoms with E-state index in [0.29, 0.717) is 28.4 Å². The largest absolute Gasteiger partial charge is 0.457 e. The third kappa shape index (κ3) is 4.86. The normalized spacial score (nSPS) is 11.1. The molecule has 0 atom stereocenters. The molecule has 0 aromatic heterocycles. The predicted molar refractivity (Wildman–Crippen MR) is 96.7 cm³/mol. The number of carbonyl (C=O) groups excluding carboxylic acids is 1. The van der Waals surface area contributed by atoms with Crippen LogP contribution < -0.4 is 15.4 Å². The van der Waals surface area contributed by atoms with Crippen LogP contribution >= 0.6 is 0 Å². The molecule has 25 heavy (non-hydrogen) atoms. The Bertz CT molecular complexity index is 785. The number of aryl methyl sites for hydroxylation is 1. The van der Waals surface area contributed by atoms with Gasteiger partial charge in [-0.15, -0.1) is 0 Å². The second-order valence-electron chi connectivity index (χ2n) is 6.77. The van der Waals surface area contributed by atoms with Crippen molar-refractivity contribution in [3.05, 3.63) is 47.8 Å². The molecule has 0 aliphatic rings. The number of benzene rings is 2. The van der Waals surface area contributed by atoms with Crippen molar-refractivity contribution in [1.82, 2.24) is 0 Å². The Balaban J connectivity index is 2.24. The van der Waals surface area contributed by atoms with E-state index < -0.39 is 11.7 Å². The molecule has 0 saturated heterocycles. The van der Waals surface area contributed by atoms with Crippen LogP contribution in [0.1, 0.15) is 26.3 Å². The molecule has 2 aromatic rings. The molecule has 6 heteroatoms. The summed E-state index contributed by atoms with van der Waals surface area (Å²) in [5.41, 5.74) is 6.73. The smallest absolute Gasteiger partial charge is 0.414 e. The van der Waals surface area contributed by atoms with Gasteiger partial charge in [0.1, 0.15) is 22.9 Å². The summed E-state index contributed by atoms with van der Waals surface area (Å²) in [4.78, 5) is 13.6. The van der Waals surface area contributed by atoms with Gasteiger partial charge in [0.2, 0.25) is 0 Å². The van der Waals surface area contributed by atoms with Crippen LogP contribution in [-0.2, 0) is 4.74 Å². The average molecular weight is 346 g/mol. The maximum absolute atomic E-state index is 13.4. The van der Waals surface area contributed by atoms with Gasteiger partial charge >= 0.3 is 6.09 Å². The lowest BCUT2D eigenvalue weighted by atomic mass is 10.2. The van der Waals surface area contributed by atoms with E-state index >= 15 is 0 Å². The van der Waals surface area contributed by atoms with Gasteiger partial charge in [0.15, 0.2) is 0 Å². The van der Waals surface area contributed by atoms with E-state index in [2.05, 4.69) is 0 Å². The number of nitrogens with zero attached hydrogens (tertiary/aromatic N) is 1. The van der Waals surface area contributed by atoms with Gasteiger partial charge in [-0.1, -0.05) is 0 Å². The molecule has 2 aromatic carbocycles. The quantitative estimate of drug-likeness (QED) is 0.805. The highest BCUT2D eigenvalue weighted by molar-refractivity contribution is 5.91. The van der Waals surface area contributed by atoms with Crippen molar-refractivity contribution in [2.75, 3.05) is 17.7 Å². The third-order valence-corrected chi connectivity index (χ3v) is 3.40. The van der Waals surface area contributed by atoms with Crippen molar-refractivity contribution in [3.8, 4) is 11.5 Å². The number of halogens is 1. The Hall–Kier alpha value is -2.76. The number of hydrogen-bond donors (Lipinski definition) is 1. The number of anilines is 2. The predicted octanol–water partition coefficient (Wildman–Crippen LogP) is 4.88. The minimum atomic E-state index is -0.611. The number of ether oxygens (including phenoxy) is 2. The average Bonchev–Trinajstić information content (AvgIpc) is 2.50. The zero-order valence-corrected chi connectivity index (χ0v) is 15.1. The van der Waals surface area contributed by atoms with E-state index in [4.69, 9.17) is 15.2 Å². The Morgan fingerprint density at radius 3 is 2.32 bits per heavy atom. The van der Waals surface area contributed by atoms with Crippen LogP contribution in [0.2, 0.25) is 0 Å². The highest BCUT2D eigenvalue weighted by atomic mass is 19.1. The van der Waals surface area contributed by atoms with E-state index in [1.165, 1.54) is 17.0 Å². The highest BCUT2D eigenvalue weighted by Crippen LogP contribution is 2.31. The van der Waals surface area contributed by atoms with Crippen LogP contribution in [0.3, 0.4) is 0 Å². The fourth-order valence-electron chi connectivity index (χ4n) is 2.12. The monoisotopic (exact) mass is 346 g/mol. The minimum absolute atomic E-state index is 0.296. The number of hydrogen-bond acceptors (Lipinski definition) is 4. The van der Waals surface area contributed by atoms with Crippen LogP contribution in [0.25, 0.3) is 0 Å². The summed E-state index contributed by atoms with van der Waals surface area (Å²) < 4.78 is 24.4. The van der Waals surface area contributed by atoms with E-state index in [0.717, 1.165) is 0 Å². The zero-order valence-electron chi connectivity index (χ0n) is 15.1. The molecule has 2 rings (SSSR count). The van der Waals surface area contributed by atoms with Crippen molar-refractivity contribution in [2.45, 2.75) is 33.3 Å². The summed E-state index contributed by atoms with van der Waals surface area (Å²) in [6, 6.07) is 9.44. The molecule has 0 aliphatic carbocycles. The van der Waals surface area contributed by atoms with E-state index in [1.807, 2.05) is 0 Å². The van der Waals surface area contributed by atoms with Crippen molar-refractivity contribution >= 4 is 17.5 Å². The lowest BCUT2D eigenvalue weighted by Gasteiger charge is -2.25. The van der Waals surface area contributed by atoms with Gasteiger partial charge in [-0.05, 0) is 63.6 Å². The van der Waals surface area contributed by atoms with Crippen molar-refractivity contribution in [2.24, 2.45) is 0 Å². The number of carbonyl (C=O) groups is 1. The molecule has 2 N–H and O–H groups in total. The zero-order chi connectivity index (χ0) is 18.8. The first-order valence-electron chi connectivity index (χ1n) is 7.87. The maximum Gasteiger partial charge on any atom is 0.414 e. The minimum Gasteiger partial charge on any atom is -0.457 e. The fourth-order valence-corrected chi connectivity index (χ4v) is 2.12. The Labute approximate surface area is 147 Å². The Kier molecular flexibility index (Phi) is 5.21. The highest BCUT2D eigenvalue weighted by Gasteiger charge is 2.22. The fraction of sp³-hybridized carbons (Fsp3) is 0.316. The van der Waals surface area contributed by atoms with Crippen LogP contribution in [-0.4, -0.2) is 18.7 Å². The molecular formula is C19H23FN2O3. The first-order chi connectivity index (χ1) is 11.6. The third-order valence-electron chi connectivity index (χ3n) is 3.40. The van der Waals surface area contributed by atoms with Crippen molar-refractivity contribution in [1.29, 1.82) is 0 Å². The van der Waals surface area contributed by atoms with E-state index in [1.54, 1.807) is 59.0 Å². The standard InChI is InChI=1S/C19H23FN2O3/c1-12-10-13(6-8-15(12)20)24-14-7-9-16(21)17(11-14)22(5)18(23)25-19(2,3)4/h6-11H,21H2,1-5H3. The lowest BCUT2D eigenvalue weighted by Crippen LogP contribution is -2.34.